The molecule has 1 spiro atoms. The van der Waals surface area contributed by atoms with Crippen LogP contribution >= 0.6 is 11.3 Å². The Bertz CT molecular complexity index is 908. The van der Waals surface area contributed by atoms with Gasteiger partial charge in [-0.15, -0.1) is 0 Å². The maximum Gasteiger partial charge on any atom is 0.490 e. The van der Waals surface area contributed by atoms with E-state index in [9.17, 15) is 22.4 Å². The third kappa shape index (κ3) is 5.69. The summed E-state index contributed by atoms with van der Waals surface area (Å²) >= 11 is 1.55. The van der Waals surface area contributed by atoms with E-state index >= 15 is 0 Å². The molecular weight excluding hydrogens is 440 g/mol. The number of halogens is 4. The van der Waals surface area contributed by atoms with Crippen molar-refractivity contribution in [1.29, 1.82) is 0 Å². The number of piperidine rings is 1. The van der Waals surface area contributed by atoms with Gasteiger partial charge >= 0.3 is 12.1 Å². The number of rotatable bonds is 2. The van der Waals surface area contributed by atoms with Crippen LogP contribution in [0.5, 0.6) is 0 Å². The van der Waals surface area contributed by atoms with Crippen LogP contribution < -0.4 is 4.90 Å². The van der Waals surface area contributed by atoms with Crippen molar-refractivity contribution in [3.63, 3.8) is 0 Å². The summed E-state index contributed by atoms with van der Waals surface area (Å²) in [6, 6.07) is 1.89. The van der Waals surface area contributed by atoms with Crippen LogP contribution in [0.15, 0.2) is 29.2 Å². The highest BCUT2D eigenvalue weighted by atomic mass is 32.1. The van der Waals surface area contributed by atoms with Gasteiger partial charge in [0.15, 0.2) is 5.82 Å². The van der Waals surface area contributed by atoms with E-state index in [-0.39, 0.29) is 11.3 Å². The summed E-state index contributed by atoms with van der Waals surface area (Å²) in [4.78, 5) is 33.8. The lowest BCUT2D eigenvalue weighted by Gasteiger charge is -2.40. The standard InChI is InChI=1S/C17H19FN4OS.C2HF3O2/c18-14-8-19-16(20-9-14)22-6-4-17(12-22)3-1-5-21(11-17)15(23)13-2-7-24-10-13;3-2(4,5)1(6)7/h2,7-10H,1,3-6,11-12H2;(H,6,7). The van der Waals surface area contributed by atoms with E-state index in [4.69, 9.17) is 9.90 Å². The van der Waals surface area contributed by atoms with Crippen LogP contribution in [-0.4, -0.2) is 64.2 Å². The molecule has 2 aliphatic rings. The molecule has 2 aliphatic heterocycles. The van der Waals surface area contributed by atoms with Crippen LogP contribution in [-0.2, 0) is 4.79 Å². The average molecular weight is 460 g/mol. The molecule has 7 nitrogen and oxygen atoms in total. The van der Waals surface area contributed by atoms with Gasteiger partial charge in [0.1, 0.15) is 0 Å². The summed E-state index contributed by atoms with van der Waals surface area (Å²) in [7, 11) is 0. The third-order valence-corrected chi connectivity index (χ3v) is 5.97. The third-order valence-electron chi connectivity index (χ3n) is 5.29. The largest absolute Gasteiger partial charge is 0.490 e. The van der Waals surface area contributed by atoms with Gasteiger partial charge in [0, 0.05) is 37.0 Å². The Morgan fingerprint density at radius 1 is 1.13 bits per heavy atom. The van der Waals surface area contributed by atoms with E-state index in [0.717, 1.165) is 51.0 Å². The zero-order valence-corrected chi connectivity index (χ0v) is 17.1. The molecule has 0 saturated carbocycles. The summed E-state index contributed by atoms with van der Waals surface area (Å²) in [6.45, 7) is 3.28. The molecule has 168 valence electrons. The van der Waals surface area contributed by atoms with Crippen molar-refractivity contribution in [3.05, 3.63) is 40.6 Å². The Balaban J connectivity index is 0.000000339. The first-order valence-corrected chi connectivity index (χ1v) is 10.4. The number of alkyl halides is 3. The van der Waals surface area contributed by atoms with E-state index in [1.54, 1.807) is 11.3 Å². The van der Waals surface area contributed by atoms with Gasteiger partial charge in [-0.05, 0) is 30.7 Å². The van der Waals surface area contributed by atoms with Crippen LogP contribution in [0, 0.1) is 11.2 Å². The van der Waals surface area contributed by atoms with E-state index in [1.165, 1.54) is 12.4 Å². The number of hydrogen-bond donors (Lipinski definition) is 1. The quantitative estimate of drug-likeness (QED) is 0.691. The van der Waals surface area contributed by atoms with Gasteiger partial charge < -0.3 is 14.9 Å². The van der Waals surface area contributed by atoms with E-state index in [0.29, 0.717) is 5.95 Å². The number of aromatic nitrogens is 2. The molecular formula is C19H20F4N4O3S. The highest BCUT2D eigenvalue weighted by Crippen LogP contribution is 2.40. The predicted octanol–water partition coefficient (Wildman–Crippen LogP) is 3.44. The maximum absolute atomic E-state index is 13.0. The smallest absolute Gasteiger partial charge is 0.475 e. The van der Waals surface area contributed by atoms with Crippen LogP contribution in [0.25, 0.3) is 0 Å². The van der Waals surface area contributed by atoms with E-state index in [1.807, 2.05) is 21.7 Å². The zero-order valence-electron chi connectivity index (χ0n) is 16.3. The number of thiophene rings is 1. The number of hydrogen-bond acceptors (Lipinski definition) is 6. The van der Waals surface area contributed by atoms with Crippen molar-refractivity contribution >= 4 is 29.2 Å². The van der Waals surface area contributed by atoms with Crippen molar-refractivity contribution in [2.24, 2.45) is 5.41 Å². The molecule has 1 amide bonds. The summed E-state index contributed by atoms with van der Waals surface area (Å²) in [5.41, 5.74) is 0.885. The summed E-state index contributed by atoms with van der Waals surface area (Å²) in [5, 5.41) is 11.0. The van der Waals surface area contributed by atoms with Gasteiger partial charge in [-0.25, -0.2) is 19.2 Å². The molecule has 0 aromatic carbocycles. The van der Waals surface area contributed by atoms with Crippen molar-refractivity contribution in [3.8, 4) is 0 Å². The molecule has 0 bridgehead atoms. The molecule has 4 rings (SSSR count). The highest BCUT2D eigenvalue weighted by Gasteiger charge is 2.43. The first-order chi connectivity index (χ1) is 14.6. The Kier molecular flexibility index (Phi) is 6.77. The van der Waals surface area contributed by atoms with Gasteiger partial charge in [-0.2, -0.15) is 24.5 Å². The number of carboxylic acids is 1. The van der Waals surface area contributed by atoms with Crippen molar-refractivity contribution in [1.82, 2.24) is 14.9 Å². The molecule has 31 heavy (non-hydrogen) atoms. The zero-order chi connectivity index (χ0) is 22.6. The van der Waals surface area contributed by atoms with Crippen molar-refractivity contribution < 1.29 is 32.3 Å². The number of nitrogens with zero attached hydrogens (tertiary/aromatic N) is 4. The fourth-order valence-corrected chi connectivity index (χ4v) is 4.49. The van der Waals surface area contributed by atoms with Crippen molar-refractivity contribution in [2.75, 3.05) is 31.1 Å². The molecule has 1 atom stereocenters. The van der Waals surface area contributed by atoms with Gasteiger partial charge in [-0.3, -0.25) is 4.79 Å². The lowest BCUT2D eigenvalue weighted by molar-refractivity contribution is -0.192. The predicted molar refractivity (Wildman–Crippen MR) is 104 cm³/mol. The van der Waals surface area contributed by atoms with Gasteiger partial charge in [0.2, 0.25) is 5.95 Å². The summed E-state index contributed by atoms with van der Waals surface area (Å²) in [5.74, 6) is -2.47. The number of anilines is 1. The minimum atomic E-state index is -5.08. The molecule has 1 N–H and O–H groups in total. The monoisotopic (exact) mass is 460 g/mol. The lowest BCUT2D eigenvalue weighted by atomic mass is 9.79. The molecule has 12 heteroatoms. The van der Waals surface area contributed by atoms with E-state index in [2.05, 4.69) is 14.9 Å². The fraction of sp³-hybridized carbons (Fsp3) is 0.474. The SMILES string of the molecule is O=C(O)C(F)(F)F.O=C(c1ccsc1)N1CCCC2(CCN(c3ncc(F)cn3)C2)C1. The Labute approximate surface area is 179 Å². The Morgan fingerprint density at radius 3 is 2.39 bits per heavy atom. The number of likely N-dealkylation sites (tertiary alicyclic amines) is 1. The number of carbonyl (C=O) groups is 2. The molecule has 1 unspecified atom stereocenters. The van der Waals surface area contributed by atoms with Crippen LogP contribution in [0.3, 0.4) is 0 Å². The van der Waals surface area contributed by atoms with Gasteiger partial charge in [0.05, 0.1) is 18.0 Å². The summed E-state index contributed by atoms with van der Waals surface area (Å²) < 4.78 is 44.7. The van der Waals surface area contributed by atoms with Gasteiger partial charge in [-0.1, -0.05) is 0 Å². The minimum Gasteiger partial charge on any atom is -0.475 e. The second kappa shape index (κ2) is 9.16. The molecule has 4 heterocycles. The normalized spacial score (nSPS) is 21.0. The van der Waals surface area contributed by atoms with Crippen LogP contribution in [0.2, 0.25) is 0 Å². The first-order valence-electron chi connectivity index (χ1n) is 9.44. The minimum absolute atomic E-state index is 0.0989. The molecule has 2 saturated heterocycles. The Morgan fingerprint density at radius 2 is 1.81 bits per heavy atom. The number of carboxylic acid groups (broad SMARTS) is 1. The van der Waals surface area contributed by atoms with Crippen LogP contribution in [0.1, 0.15) is 29.6 Å². The molecule has 2 fully saturated rings. The second-order valence-electron chi connectivity index (χ2n) is 7.52. The highest BCUT2D eigenvalue weighted by molar-refractivity contribution is 7.08. The number of carbonyl (C=O) groups excluding carboxylic acids is 1. The number of aliphatic carboxylic acids is 1. The topological polar surface area (TPSA) is 86.6 Å². The molecule has 2 aromatic heterocycles. The van der Waals surface area contributed by atoms with Crippen LogP contribution in [0.4, 0.5) is 23.5 Å². The first kappa shape index (κ1) is 22.9. The molecule has 0 radical (unpaired) electrons. The lowest BCUT2D eigenvalue weighted by Crippen LogP contribution is -2.47. The fourth-order valence-electron chi connectivity index (χ4n) is 3.86. The average Bonchev–Trinajstić information content (AvgIpc) is 3.39. The second-order valence-corrected chi connectivity index (χ2v) is 8.30. The Hall–Kier alpha value is -2.76. The summed E-state index contributed by atoms with van der Waals surface area (Å²) in [6.07, 6.45) is 0.481. The van der Waals surface area contributed by atoms with Crippen molar-refractivity contribution in [2.45, 2.75) is 25.4 Å². The number of amides is 1. The maximum atomic E-state index is 13.0. The van der Waals surface area contributed by atoms with E-state index < -0.39 is 18.0 Å². The molecule has 0 aliphatic carbocycles. The molecule has 2 aromatic rings. The van der Waals surface area contributed by atoms with Gasteiger partial charge in [0.25, 0.3) is 5.91 Å².